The topological polar surface area (TPSA) is 21.3 Å². The van der Waals surface area contributed by atoms with Gasteiger partial charge in [-0.1, -0.05) is 6.92 Å². The zero-order valence-corrected chi connectivity index (χ0v) is 10.9. The number of hydrogen-bond donors (Lipinski definition) is 1. The first kappa shape index (κ1) is 11.6. The number of aryl methyl sites for hydroxylation is 1. The van der Waals surface area contributed by atoms with E-state index in [1.165, 1.54) is 23.4 Å². The molecule has 1 heterocycles. The Hall–Kier alpha value is -0.830. The molecule has 0 radical (unpaired) electrons. The third-order valence-electron chi connectivity index (χ3n) is 3.15. The highest BCUT2D eigenvalue weighted by atomic mass is 32.2. The van der Waals surface area contributed by atoms with E-state index in [9.17, 15) is 0 Å². The number of rotatable bonds is 3. The van der Waals surface area contributed by atoms with Crippen LogP contribution in [-0.2, 0) is 0 Å². The lowest BCUT2D eigenvalue weighted by Crippen LogP contribution is -2.25. The highest BCUT2D eigenvalue weighted by Crippen LogP contribution is 2.30. The van der Waals surface area contributed by atoms with Gasteiger partial charge in [-0.05, 0) is 42.9 Å². The molecule has 0 saturated carbocycles. The molecule has 16 heavy (non-hydrogen) atoms. The normalized spacial score (nSPS) is 24.4. The summed E-state index contributed by atoms with van der Waals surface area (Å²) in [6, 6.07) is 6.82. The van der Waals surface area contributed by atoms with Crippen LogP contribution in [0.25, 0.3) is 0 Å². The van der Waals surface area contributed by atoms with Crippen molar-refractivity contribution in [1.82, 2.24) is 0 Å². The maximum atomic E-state index is 5.21. The molecule has 1 aliphatic heterocycles. The second-order valence-electron chi connectivity index (χ2n) is 4.30. The summed E-state index contributed by atoms with van der Waals surface area (Å²) >= 11 is 2.05. The van der Waals surface area contributed by atoms with Gasteiger partial charge < -0.3 is 10.1 Å². The van der Waals surface area contributed by atoms with Crippen LogP contribution in [0.15, 0.2) is 18.2 Å². The number of ether oxygens (including phenoxy) is 1. The Labute approximate surface area is 102 Å². The van der Waals surface area contributed by atoms with E-state index in [1.54, 1.807) is 7.11 Å². The Kier molecular flexibility index (Phi) is 3.64. The van der Waals surface area contributed by atoms with E-state index in [0.29, 0.717) is 11.3 Å². The number of anilines is 1. The molecule has 2 unspecified atom stereocenters. The molecule has 1 saturated heterocycles. The zero-order chi connectivity index (χ0) is 11.5. The SMILES string of the molecule is COc1ccc(NC2CCSC2C)c(C)c1. The van der Waals surface area contributed by atoms with Crippen LogP contribution in [0.2, 0.25) is 0 Å². The lowest BCUT2D eigenvalue weighted by atomic mass is 10.1. The fraction of sp³-hybridized carbons (Fsp3) is 0.538. The van der Waals surface area contributed by atoms with Crippen molar-refractivity contribution in [1.29, 1.82) is 0 Å². The average molecular weight is 237 g/mol. The van der Waals surface area contributed by atoms with E-state index < -0.39 is 0 Å². The van der Waals surface area contributed by atoms with Crippen LogP contribution in [0.5, 0.6) is 5.75 Å². The van der Waals surface area contributed by atoms with E-state index >= 15 is 0 Å². The first-order valence-corrected chi connectivity index (χ1v) is 6.78. The third-order valence-corrected chi connectivity index (χ3v) is 4.48. The van der Waals surface area contributed by atoms with E-state index in [4.69, 9.17) is 4.74 Å². The molecule has 0 amide bonds. The second kappa shape index (κ2) is 5.00. The van der Waals surface area contributed by atoms with E-state index in [0.717, 1.165) is 5.75 Å². The Morgan fingerprint density at radius 2 is 2.25 bits per heavy atom. The monoisotopic (exact) mass is 237 g/mol. The smallest absolute Gasteiger partial charge is 0.119 e. The summed E-state index contributed by atoms with van der Waals surface area (Å²) in [7, 11) is 1.71. The molecule has 0 bridgehead atoms. The number of benzene rings is 1. The Morgan fingerprint density at radius 1 is 1.44 bits per heavy atom. The van der Waals surface area contributed by atoms with Crippen LogP contribution in [-0.4, -0.2) is 24.2 Å². The van der Waals surface area contributed by atoms with Crippen molar-refractivity contribution in [3.05, 3.63) is 23.8 Å². The lowest BCUT2D eigenvalue weighted by Gasteiger charge is -2.19. The van der Waals surface area contributed by atoms with Gasteiger partial charge in [-0.3, -0.25) is 0 Å². The fourth-order valence-corrected chi connectivity index (χ4v) is 3.24. The van der Waals surface area contributed by atoms with Gasteiger partial charge in [0.25, 0.3) is 0 Å². The summed E-state index contributed by atoms with van der Waals surface area (Å²) in [6.45, 7) is 4.42. The van der Waals surface area contributed by atoms with Crippen molar-refractivity contribution in [3.63, 3.8) is 0 Å². The molecule has 2 atom stereocenters. The van der Waals surface area contributed by atoms with Crippen LogP contribution < -0.4 is 10.1 Å². The molecule has 1 fully saturated rings. The van der Waals surface area contributed by atoms with Crippen LogP contribution in [0.4, 0.5) is 5.69 Å². The molecule has 2 nitrogen and oxygen atoms in total. The standard InChI is InChI=1S/C13H19NOS/c1-9-8-11(15-3)4-5-12(9)14-13-6-7-16-10(13)2/h4-5,8,10,13-14H,6-7H2,1-3H3. The van der Waals surface area contributed by atoms with Gasteiger partial charge in [0.2, 0.25) is 0 Å². The summed E-state index contributed by atoms with van der Waals surface area (Å²) in [5.41, 5.74) is 2.49. The van der Waals surface area contributed by atoms with Crippen LogP contribution >= 0.6 is 11.8 Å². The Balaban J connectivity index is 2.09. The summed E-state index contributed by atoms with van der Waals surface area (Å²) < 4.78 is 5.21. The number of thioether (sulfide) groups is 1. The highest BCUT2D eigenvalue weighted by molar-refractivity contribution is 8.00. The predicted octanol–water partition coefficient (Wildman–Crippen LogP) is 3.31. The van der Waals surface area contributed by atoms with Crippen molar-refractivity contribution < 1.29 is 4.74 Å². The van der Waals surface area contributed by atoms with E-state index in [2.05, 4.69) is 43.1 Å². The van der Waals surface area contributed by atoms with Crippen molar-refractivity contribution in [2.45, 2.75) is 31.6 Å². The van der Waals surface area contributed by atoms with Crippen LogP contribution in [0, 0.1) is 6.92 Å². The molecular weight excluding hydrogens is 218 g/mol. The molecule has 1 aromatic rings. The molecule has 1 aromatic carbocycles. The average Bonchev–Trinajstić information content (AvgIpc) is 2.67. The van der Waals surface area contributed by atoms with Crippen molar-refractivity contribution in [2.75, 3.05) is 18.2 Å². The van der Waals surface area contributed by atoms with Crippen molar-refractivity contribution >= 4 is 17.4 Å². The van der Waals surface area contributed by atoms with Gasteiger partial charge in [0.15, 0.2) is 0 Å². The second-order valence-corrected chi connectivity index (χ2v) is 5.78. The summed E-state index contributed by atoms with van der Waals surface area (Å²) in [5.74, 6) is 2.20. The maximum absolute atomic E-state index is 5.21. The molecule has 0 spiro atoms. The largest absolute Gasteiger partial charge is 0.497 e. The van der Waals surface area contributed by atoms with Gasteiger partial charge in [0.1, 0.15) is 5.75 Å². The third kappa shape index (κ3) is 2.46. The van der Waals surface area contributed by atoms with Gasteiger partial charge in [-0.25, -0.2) is 0 Å². The minimum absolute atomic E-state index is 0.608. The number of methoxy groups -OCH3 is 1. The maximum Gasteiger partial charge on any atom is 0.119 e. The van der Waals surface area contributed by atoms with Gasteiger partial charge >= 0.3 is 0 Å². The molecule has 88 valence electrons. The van der Waals surface area contributed by atoms with Crippen molar-refractivity contribution in [3.8, 4) is 5.75 Å². The first-order valence-electron chi connectivity index (χ1n) is 5.73. The Bertz CT molecular complexity index is 367. The van der Waals surface area contributed by atoms with Gasteiger partial charge in [-0.2, -0.15) is 11.8 Å². The van der Waals surface area contributed by atoms with E-state index in [1.807, 2.05) is 6.07 Å². The number of hydrogen-bond acceptors (Lipinski definition) is 3. The van der Waals surface area contributed by atoms with Crippen molar-refractivity contribution in [2.24, 2.45) is 0 Å². The van der Waals surface area contributed by atoms with Gasteiger partial charge in [-0.15, -0.1) is 0 Å². The molecule has 3 heteroatoms. The lowest BCUT2D eigenvalue weighted by molar-refractivity contribution is 0.414. The predicted molar refractivity (Wildman–Crippen MR) is 71.7 cm³/mol. The first-order chi connectivity index (χ1) is 7.70. The summed E-state index contributed by atoms with van der Waals surface area (Å²) in [6.07, 6.45) is 1.26. The zero-order valence-electron chi connectivity index (χ0n) is 10.1. The molecule has 2 rings (SSSR count). The van der Waals surface area contributed by atoms with Crippen LogP contribution in [0.3, 0.4) is 0 Å². The molecule has 0 aromatic heterocycles. The molecule has 1 aliphatic rings. The molecule has 0 aliphatic carbocycles. The quantitative estimate of drug-likeness (QED) is 0.871. The van der Waals surface area contributed by atoms with Crippen LogP contribution in [0.1, 0.15) is 18.9 Å². The number of nitrogens with one attached hydrogen (secondary N) is 1. The van der Waals surface area contributed by atoms with E-state index in [-0.39, 0.29) is 0 Å². The minimum atomic E-state index is 0.608. The van der Waals surface area contributed by atoms with Gasteiger partial charge in [0.05, 0.1) is 7.11 Å². The molecule has 1 N–H and O–H groups in total. The highest BCUT2D eigenvalue weighted by Gasteiger charge is 2.23. The minimum Gasteiger partial charge on any atom is -0.497 e. The van der Waals surface area contributed by atoms with Gasteiger partial charge in [0, 0.05) is 17.0 Å². The summed E-state index contributed by atoms with van der Waals surface area (Å²) in [4.78, 5) is 0. The summed E-state index contributed by atoms with van der Waals surface area (Å²) in [5, 5.41) is 4.34. The molecular formula is C13H19NOS. The fourth-order valence-electron chi connectivity index (χ4n) is 2.05. The Morgan fingerprint density at radius 3 is 2.81 bits per heavy atom.